The standard InChI is InChI=1S/C21H19N3O2S/c25-19(22-15-6-7-15)12-1-3-13(4-2-12)21-24-17-10-5-14(11-18(17)27-21)20(26)23-16-8-9-16/h1-5,10-11,15-16H,6-9H2,(H,22,25)(H,23,26). The van der Waals surface area contributed by atoms with E-state index in [2.05, 4.69) is 15.6 Å². The lowest BCUT2D eigenvalue weighted by Gasteiger charge is -2.03. The molecule has 3 aromatic rings. The molecular weight excluding hydrogens is 358 g/mol. The second kappa shape index (κ2) is 6.46. The number of amides is 2. The summed E-state index contributed by atoms with van der Waals surface area (Å²) in [4.78, 5) is 29.0. The van der Waals surface area contributed by atoms with Crippen LogP contribution in [0.15, 0.2) is 42.5 Å². The third-order valence-electron chi connectivity index (χ3n) is 4.87. The van der Waals surface area contributed by atoms with Gasteiger partial charge in [0.05, 0.1) is 10.2 Å². The molecule has 0 saturated heterocycles. The molecule has 2 aliphatic rings. The van der Waals surface area contributed by atoms with Gasteiger partial charge in [0, 0.05) is 28.8 Å². The first-order chi connectivity index (χ1) is 13.2. The third kappa shape index (κ3) is 3.57. The zero-order valence-electron chi connectivity index (χ0n) is 14.7. The van der Waals surface area contributed by atoms with E-state index in [1.807, 2.05) is 42.5 Å². The van der Waals surface area contributed by atoms with Gasteiger partial charge < -0.3 is 10.6 Å². The van der Waals surface area contributed by atoms with E-state index in [0.29, 0.717) is 23.2 Å². The van der Waals surface area contributed by atoms with E-state index in [9.17, 15) is 9.59 Å². The number of rotatable bonds is 5. The maximum atomic E-state index is 12.2. The second-order valence-electron chi connectivity index (χ2n) is 7.27. The maximum absolute atomic E-state index is 12.2. The first-order valence-electron chi connectivity index (χ1n) is 9.28. The monoisotopic (exact) mass is 377 g/mol. The summed E-state index contributed by atoms with van der Waals surface area (Å²) in [5, 5.41) is 6.90. The van der Waals surface area contributed by atoms with Gasteiger partial charge in [-0.3, -0.25) is 9.59 Å². The molecule has 0 atom stereocenters. The Hall–Kier alpha value is -2.73. The van der Waals surface area contributed by atoms with Crippen molar-refractivity contribution in [1.82, 2.24) is 15.6 Å². The number of benzene rings is 2. The highest BCUT2D eigenvalue weighted by molar-refractivity contribution is 7.21. The maximum Gasteiger partial charge on any atom is 0.251 e. The van der Waals surface area contributed by atoms with Crippen molar-refractivity contribution in [2.45, 2.75) is 37.8 Å². The van der Waals surface area contributed by atoms with Crippen LogP contribution in [0.1, 0.15) is 46.4 Å². The Morgan fingerprint density at radius 3 is 2.07 bits per heavy atom. The number of hydrogen-bond acceptors (Lipinski definition) is 4. The second-order valence-corrected chi connectivity index (χ2v) is 8.30. The number of carbonyl (C=O) groups is 2. The van der Waals surface area contributed by atoms with Gasteiger partial charge >= 0.3 is 0 Å². The largest absolute Gasteiger partial charge is 0.349 e. The van der Waals surface area contributed by atoms with E-state index < -0.39 is 0 Å². The van der Waals surface area contributed by atoms with Crippen molar-refractivity contribution in [2.24, 2.45) is 0 Å². The van der Waals surface area contributed by atoms with Gasteiger partial charge in [-0.25, -0.2) is 4.98 Å². The Morgan fingerprint density at radius 2 is 1.44 bits per heavy atom. The average molecular weight is 377 g/mol. The van der Waals surface area contributed by atoms with Gasteiger partial charge in [0.2, 0.25) is 0 Å². The van der Waals surface area contributed by atoms with E-state index in [0.717, 1.165) is 46.5 Å². The van der Waals surface area contributed by atoms with Crippen LogP contribution in [0.2, 0.25) is 0 Å². The van der Waals surface area contributed by atoms with Gasteiger partial charge in [0.1, 0.15) is 5.01 Å². The van der Waals surface area contributed by atoms with E-state index in [1.165, 1.54) is 0 Å². The van der Waals surface area contributed by atoms with Gasteiger partial charge in [-0.2, -0.15) is 0 Å². The molecule has 27 heavy (non-hydrogen) atoms. The zero-order chi connectivity index (χ0) is 18.4. The molecule has 0 radical (unpaired) electrons. The molecule has 2 aliphatic carbocycles. The van der Waals surface area contributed by atoms with Crippen LogP contribution in [-0.2, 0) is 0 Å². The average Bonchev–Trinajstić information content (AvgIpc) is 3.61. The molecule has 6 heteroatoms. The number of thiazole rings is 1. The molecule has 0 unspecified atom stereocenters. The van der Waals surface area contributed by atoms with Crippen LogP contribution in [0.4, 0.5) is 0 Å². The minimum Gasteiger partial charge on any atom is -0.349 e. The minimum absolute atomic E-state index is 0.0135. The number of fused-ring (bicyclic) bond motifs is 1. The summed E-state index contributed by atoms with van der Waals surface area (Å²) in [6, 6.07) is 13.9. The molecule has 2 aromatic carbocycles. The fraction of sp³-hybridized carbons (Fsp3) is 0.286. The molecule has 0 spiro atoms. The molecule has 0 aliphatic heterocycles. The number of hydrogen-bond donors (Lipinski definition) is 2. The van der Waals surface area contributed by atoms with Crippen LogP contribution in [0.3, 0.4) is 0 Å². The van der Waals surface area contributed by atoms with Crippen molar-refractivity contribution in [3.63, 3.8) is 0 Å². The molecule has 2 saturated carbocycles. The summed E-state index contributed by atoms with van der Waals surface area (Å²) >= 11 is 1.56. The van der Waals surface area contributed by atoms with Crippen molar-refractivity contribution in [3.8, 4) is 10.6 Å². The van der Waals surface area contributed by atoms with E-state index in [4.69, 9.17) is 0 Å². The Balaban J connectivity index is 1.37. The molecule has 136 valence electrons. The number of carbonyl (C=O) groups excluding carboxylic acids is 2. The molecule has 5 rings (SSSR count). The highest BCUT2D eigenvalue weighted by Crippen LogP contribution is 2.31. The lowest BCUT2D eigenvalue weighted by molar-refractivity contribution is 0.0942. The van der Waals surface area contributed by atoms with E-state index in [1.54, 1.807) is 11.3 Å². The molecule has 2 fully saturated rings. The molecule has 1 heterocycles. The predicted octanol–water partition coefficient (Wildman–Crippen LogP) is 3.75. The van der Waals surface area contributed by atoms with Gasteiger partial charge in [-0.15, -0.1) is 11.3 Å². The van der Waals surface area contributed by atoms with E-state index in [-0.39, 0.29) is 11.8 Å². The summed E-state index contributed by atoms with van der Waals surface area (Å²) in [5.74, 6) is -0.0277. The Bertz CT molecular complexity index is 1030. The first kappa shape index (κ1) is 16.4. The highest BCUT2D eigenvalue weighted by atomic mass is 32.1. The van der Waals surface area contributed by atoms with Crippen LogP contribution in [0.5, 0.6) is 0 Å². The summed E-state index contributed by atoms with van der Waals surface area (Å²) in [6.07, 6.45) is 4.31. The van der Waals surface area contributed by atoms with Crippen molar-refractivity contribution in [3.05, 3.63) is 53.6 Å². The number of nitrogens with zero attached hydrogens (tertiary/aromatic N) is 1. The van der Waals surface area contributed by atoms with E-state index >= 15 is 0 Å². The lowest BCUT2D eigenvalue weighted by atomic mass is 10.1. The summed E-state index contributed by atoms with van der Waals surface area (Å²) < 4.78 is 0.990. The van der Waals surface area contributed by atoms with Crippen LogP contribution in [-0.4, -0.2) is 28.9 Å². The fourth-order valence-electron chi connectivity index (χ4n) is 2.95. The Kier molecular flexibility index (Phi) is 3.93. The number of aromatic nitrogens is 1. The lowest BCUT2D eigenvalue weighted by Crippen LogP contribution is -2.25. The van der Waals surface area contributed by atoms with Gasteiger partial charge in [-0.05, 0) is 56.0 Å². The van der Waals surface area contributed by atoms with Crippen molar-refractivity contribution >= 4 is 33.4 Å². The third-order valence-corrected chi connectivity index (χ3v) is 5.94. The van der Waals surface area contributed by atoms with Crippen molar-refractivity contribution in [2.75, 3.05) is 0 Å². The van der Waals surface area contributed by atoms with Crippen molar-refractivity contribution < 1.29 is 9.59 Å². The van der Waals surface area contributed by atoms with Gasteiger partial charge in [0.25, 0.3) is 11.8 Å². The molecule has 0 bridgehead atoms. The fourth-order valence-corrected chi connectivity index (χ4v) is 3.96. The van der Waals surface area contributed by atoms with Crippen molar-refractivity contribution in [1.29, 1.82) is 0 Å². The minimum atomic E-state index is -0.0142. The molecule has 1 aromatic heterocycles. The summed E-state index contributed by atoms with van der Waals surface area (Å²) in [5.41, 5.74) is 3.21. The highest BCUT2D eigenvalue weighted by Gasteiger charge is 2.24. The smallest absolute Gasteiger partial charge is 0.251 e. The van der Waals surface area contributed by atoms with Gasteiger partial charge in [-0.1, -0.05) is 12.1 Å². The summed E-state index contributed by atoms with van der Waals surface area (Å²) in [7, 11) is 0. The topological polar surface area (TPSA) is 71.1 Å². The first-order valence-corrected chi connectivity index (χ1v) is 10.1. The van der Waals surface area contributed by atoms with Crippen LogP contribution >= 0.6 is 11.3 Å². The quantitative estimate of drug-likeness (QED) is 0.711. The Morgan fingerprint density at radius 1 is 0.852 bits per heavy atom. The Labute approximate surface area is 160 Å². The van der Waals surface area contributed by atoms with Crippen LogP contribution in [0, 0.1) is 0 Å². The predicted molar refractivity (Wildman–Crippen MR) is 106 cm³/mol. The molecule has 2 amide bonds. The zero-order valence-corrected chi connectivity index (χ0v) is 15.5. The molecule has 5 nitrogen and oxygen atoms in total. The normalized spacial score (nSPS) is 16.3. The van der Waals surface area contributed by atoms with Crippen LogP contribution in [0.25, 0.3) is 20.8 Å². The SMILES string of the molecule is O=C(NC1CC1)c1ccc(-c2nc3ccc(C(=O)NC4CC4)cc3s2)cc1. The summed E-state index contributed by atoms with van der Waals surface area (Å²) in [6.45, 7) is 0. The van der Waals surface area contributed by atoms with Gasteiger partial charge in [0.15, 0.2) is 0 Å². The van der Waals surface area contributed by atoms with Crippen LogP contribution < -0.4 is 10.6 Å². The molecule has 2 N–H and O–H groups in total. The molecular formula is C21H19N3O2S. The number of nitrogens with one attached hydrogen (secondary N) is 2.